The second-order valence-corrected chi connectivity index (χ2v) is 4.57. The second kappa shape index (κ2) is 5.30. The third kappa shape index (κ3) is 2.68. The van der Waals surface area contributed by atoms with Crippen molar-refractivity contribution in [3.8, 4) is 0 Å². The van der Waals surface area contributed by atoms with Gasteiger partial charge in [-0.15, -0.1) is 0 Å². The highest BCUT2D eigenvalue weighted by atomic mass is 31.2. The third-order valence-electron chi connectivity index (χ3n) is 1.59. The fraction of sp³-hybridized carbons (Fsp3) is 0.400. The molecule has 0 saturated carbocycles. The van der Waals surface area contributed by atoms with Crippen LogP contribution in [0.25, 0.3) is 0 Å². The average molecular weight is 213 g/mol. The minimum Gasteiger partial charge on any atom is -0.305 e. The summed E-state index contributed by atoms with van der Waals surface area (Å²) in [6.45, 7) is 4.29. The van der Waals surface area contributed by atoms with Gasteiger partial charge in [0.1, 0.15) is 0 Å². The Kier molecular flexibility index (Phi) is 4.33. The van der Waals surface area contributed by atoms with Gasteiger partial charge in [-0.25, -0.2) is 0 Å². The zero-order valence-corrected chi connectivity index (χ0v) is 9.29. The Labute approximate surface area is 84.6 Å². The lowest BCUT2D eigenvalue weighted by atomic mass is 10.4. The topological polar surface area (TPSA) is 35.5 Å². The molecule has 0 bridgehead atoms. The molecule has 14 heavy (non-hydrogen) atoms. The molecular formula is C10H14O3P. The standard InChI is InChI=1S/C10H14O3P/c1-3-12-14(11,13-4-2)10-8-6-5-7-9-10/h5-8H,3-4H2,1-2H3. The van der Waals surface area contributed by atoms with Crippen molar-refractivity contribution >= 4 is 12.9 Å². The first-order chi connectivity index (χ1) is 6.73. The van der Waals surface area contributed by atoms with Crippen LogP contribution in [0.1, 0.15) is 13.8 Å². The maximum Gasteiger partial charge on any atom is 0.361 e. The van der Waals surface area contributed by atoms with E-state index in [1.807, 2.05) is 6.07 Å². The first-order valence-electron chi connectivity index (χ1n) is 4.59. The van der Waals surface area contributed by atoms with Gasteiger partial charge in [0, 0.05) is 0 Å². The average Bonchev–Trinajstić information content (AvgIpc) is 2.20. The molecule has 1 aromatic carbocycles. The Hall–Kier alpha value is -0.630. The lowest BCUT2D eigenvalue weighted by molar-refractivity contribution is 0.230. The van der Waals surface area contributed by atoms with Gasteiger partial charge in [-0.2, -0.15) is 0 Å². The summed E-state index contributed by atoms with van der Waals surface area (Å²) >= 11 is 0. The summed E-state index contributed by atoms with van der Waals surface area (Å²) < 4.78 is 22.5. The number of hydrogen-bond donors (Lipinski definition) is 0. The van der Waals surface area contributed by atoms with Crippen molar-refractivity contribution in [2.24, 2.45) is 0 Å². The van der Waals surface area contributed by atoms with Crippen LogP contribution in [0, 0.1) is 6.07 Å². The summed E-state index contributed by atoms with van der Waals surface area (Å²) in [5, 5.41) is 0.490. The summed E-state index contributed by atoms with van der Waals surface area (Å²) in [5.41, 5.74) is 0. The predicted molar refractivity (Wildman–Crippen MR) is 55.8 cm³/mol. The Bertz CT molecular complexity index is 300. The molecule has 0 saturated heterocycles. The molecular weight excluding hydrogens is 199 g/mol. The van der Waals surface area contributed by atoms with Gasteiger partial charge in [-0.1, -0.05) is 18.2 Å². The number of hydrogen-bond acceptors (Lipinski definition) is 3. The molecule has 0 N–H and O–H groups in total. The molecule has 0 aliphatic heterocycles. The van der Waals surface area contributed by atoms with Crippen molar-refractivity contribution in [1.29, 1.82) is 0 Å². The number of benzene rings is 1. The summed E-state index contributed by atoms with van der Waals surface area (Å²) in [4.78, 5) is 0. The Morgan fingerprint density at radius 3 is 2.36 bits per heavy atom. The van der Waals surface area contributed by atoms with Gasteiger partial charge in [-0.3, -0.25) is 4.57 Å². The van der Waals surface area contributed by atoms with Gasteiger partial charge in [0.25, 0.3) is 0 Å². The molecule has 0 unspecified atom stereocenters. The smallest absolute Gasteiger partial charge is 0.305 e. The van der Waals surface area contributed by atoms with Gasteiger partial charge >= 0.3 is 7.60 Å². The highest BCUT2D eigenvalue weighted by molar-refractivity contribution is 7.62. The normalized spacial score (nSPS) is 11.6. The molecule has 1 rings (SSSR count). The monoisotopic (exact) mass is 213 g/mol. The molecule has 77 valence electrons. The van der Waals surface area contributed by atoms with Crippen LogP contribution in [0.15, 0.2) is 24.3 Å². The zero-order chi connectivity index (χ0) is 10.4. The van der Waals surface area contributed by atoms with E-state index < -0.39 is 7.60 Å². The van der Waals surface area contributed by atoms with E-state index in [0.717, 1.165) is 0 Å². The summed E-state index contributed by atoms with van der Waals surface area (Å²) in [7, 11) is -3.13. The van der Waals surface area contributed by atoms with Gasteiger partial charge in [-0.05, 0) is 26.0 Å². The zero-order valence-electron chi connectivity index (χ0n) is 8.40. The molecule has 0 aromatic heterocycles. The van der Waals surface area contributed by atoms with Crippen molar-refractivity contribution < 1.29 is 13.6 Å². The minimum absolute atomic E-state index is 0.361. The molecule has 0 heterocycles. The summed E-state index contributed by atoms with van der Waals surface area (Å²) in [5.74, 6) is 0. The molecule has 3 nitrogen and oxygen atoms in total. The van der Waals surface area contributed by atoms with Crippen molar-refractivity contribution in [3.63, 3.8) is 0 Å². The summed E-state index contributed by atoms with van der Waals surface area (Å²) in [6.07, 6.45) is 0. The van der Waals surface area contributed by atoms with Gasteiger partial charge < -0.3 is 9.05 Å². The third-order valence-corrected chi connectivity index (χ3v) is 3.65. The predicted octanol–water partition coefficient (Wildman–Crippen LogP) is 2.38. The van der Waals surface area contributed by atoms with Crippen molar-refractivity contribution in [2.45, 2.75) is 13.8 Å². The maximum absolute atomic E-state index is 12.1. The van der Waals surface area contributed by atoms with Crippen molar-refractivity contribution in [3.05, 3.63) is 30.3 Å². The van der Waals surface area contributed by atoms with Gasteiger partial charge in [0.15, 0.2) is 0 Å². The second-order valence-electron chi connectivity index (χ2n) is 2.58. The molecule has 0 atom stereocenters. The molecule has 0 aliphatic carbocycles. The van der Waals surface area contributed by atoms with E-state index in [9.17, 15) is 4.57 Å². The highest BCUT2D eigenvalue weighted by Crippen LogP contribution is 2.46. The first-order valence-corrected chi connectivity index (χ1v) is 6.13. The number of rotatable bonds is 5. The van der Waals surface area contributed by atoms with Crippen LogP contribution in [-0.2, 0) is 13.6 Å². The van der Waals surface area contributed by atoms with Crippen LogP contribution in [-0.4, -0.2) is 13.2 Å². The van der Waals surface area contributed by atoms with E-state index in [1.165, 1.54) is 0 Å². The molecule has 0 aliphatic rings. The van der Waals surface area contributed by atoms with Crippen LogP contribution in [0.2, 0.25) is 0 Å². The largest absolute Gasteiger partial charge is 0.361 e. The molecule has 0 fully saturated rings. The molecule has 0 amide bonds. The van der Waals surface area contributed by atoms with Crippen LogP contribution in [0.4, 0.5) is 0 Å². The molecule has 1 radical (unpaired) electrons. The van der Waals surface area contributed by atoms with Gasteiger partial charge in [0.2, 0.25) is 0 Å². The van der Waals surface area contributed by atoms with E-state index in [2.05, 4.69) is 6.07 Å². The summed E-state index contributed by atoms with van der Waals surface area (Å²) in [6, 6.07) is 9.86. The first kappa shape index (κ1) is 11.4. The Balaban J connectivity index is 2.94. The molecule has 0 spiro atoms. The van der Waals surface area contributed by atoms with Crippen molar-refractivity contribution in [1.82, 2.24) is 0 Å². The van der Waals surface area contributed by atoms with Crippen LogP contribution >= 0.6 is 7.60 Å². The minimum atomic E-state index is -3.13. The molecule has 1 aromatic rings. The quantitative estimate of drug-likeness (QED) is 0.704. The maximum atomic E-state index is 12.1. The fourth-order valence-electron chi connectivity index (χ4n) is 1.07. The van der Waals surface area contributed by atoms with E-state index >= 15 is 0 Å². The van der Waals surface area contributed by atoms with E-state index in [0.29, 0.717) is 18.5 Å². The Morgan fingerprint density at radius 2 is 1.93 bits per heavy atom. The lowest BCUT2D eigenvalue weighted by Gasteiger charge is -2.16. The molecule has 4 heteroatoms. The van der Waals surface area contributed by atoms with Gasteiger partial charge in [0.05, 0.1) is 18.5 Å². The highest BCUT2D eigenvalue weighted by Gasteiger charge is 2.25. The van der Waals surface area contributed by atoms with Crippen LogP contribution in [0.5, 0.6) is 0 Å². The SMILES string of the molecule is CCOP(=O)(OCC)c1[c]cccc1. The lowest BCUT2D eigenvalue weighted by Crippen LogP contribution is -2.10. The van der Waals surface area contributed by atoms with Crippen molar-refractivity contribution in [2.75, 3.05) is 13.2 Å². The van der Waals surface area contributed by atoms with E-state index in [4.69, 9.17) is 9.05 Å². The van der Waals surface area contributed by atoms with E-state index in [1.54, 1.807) is 32.0 Å². The van der Waals surface area contributed by atoms with Crippen LogP contribution < -0.4 is 5.30 Å². The fourth-order valence-corrected chi connectivity index (χ4v) is 2.60. The van der Waals surface area contributed by atoms with Crippen LogP contribution in [0.3, 0.4) is 0 Å². The Morgan fingerprint density at radius 1 is 1.29 bits per heavy atom. The van der Waals surface area contributed by atoms with E-state index in [-0.39, 0.29) is 0 Å².